The molecule has 0 radical (unpaired) electrons. The van der Waals surface area contributed by atoms with Crippen LogP contribution in [0.15, 0.2) is 36.5 Å². The van der Waals surface area contributed by atoms with Gasteiger partial charge in [0.1, 0.15) is 17.4 Å². The summed E-state index contributed by atoms with van der Waals surface area (Å²) in [5, 5.41) is 16.6. The minimum absolute atomic E-state index is 0.244. The first kappa shape index (κ1) is 12.1. The maximum Gasteiger partial charge on any atom is 0.256 e. The Morgan fingerprint density at radius 1 is 1.22 bits per heavy atom. The Labute approximate surface area is 106 Å². The Hall–Kier alpha value is -2.41. The largest absolute Gasteiger partial charge is 0.436 e. The van der Waals surface area contributed by atoms with Gasteiger partial charge in [0, 0.05) is 0 Å². The molecule has 1 aromatic heterocycles. The van der Waals surface area contributed by atoms with Crippen LogP contribution in [0.3, 0.4) is 0 Å². The average Bonchev–Trinajstić information content (AvgIpc) is 2.40. The van der Waals surface area contributed by atoms with E-state index in [2.05, 4.69) is 24.0 Å². The molecule has 0 aliphatic carbocycles. The summed E-state index contributed by atoms with van der Waals surface area (Å²) >= 11 is 0. The highest BCUT2D eigenvalue weighted by atomic mass is 16.5. The molecule has 18 heavy (non-hydrogen) atoms. The molecule has 1 aromatic carbocycles. The van der Waals surface area contributed by atoms with Crippen molar-refractivity contribution in [3.63, 3.8) is 0 Å². The summed E-state index contributed by atoms with van der Waals surface area (Å²) in [5.41, 5.74) is 1.45. The number of benzene rings is 1. The number of aromatic nitrogens is 2. The first-order valence-electron chi connectivity index (χ1n) is 5.71. The number of hydrogen-bond donors (Lipinski definition) is 0. The van der Waals surface area contributed by atoms with Crippen LogP contribution in [0.1, 0.15) is 30.9 Å². The summed E-state index contributed by atoms with van der Waals surface area (Å²) in [6.45, 7) is 4.17. The van der Waals surface area contributed by atoms with Crippen molar-refractivity contribution >= 4 is 0 Å². The molecule has 0 amide bonds. The molecule has 0 atom stereocenters. The molecule has 1 heterocycles. The van der Waals surface area contributed by atoms with E-state index in [1.54, 1.807) is 6.07 Å². The van der Waals surface area contributed by atoms with Crippen LogP contribution in [-0.4, -0.2) is 10.2 Å². The number of para-hydroxylation sites is 1. The van der Waals surface area contributed by atoms with Gasteiger partial charge in [0.2, 0.25) is 0 Å². The van der Waals surface area contributed by atoms with E-state index in [0.29, 0.717) is 17.2 Å². The van der Waals surface area contributed by atoms with Gasteiger partial charge >= 0.3 is 0 Å². The van der Waals surface area contributed by atoms with Crippen LogP contribution in [0.4, 0.5) is 0 Å². The first-order valence-corrected chi connectivity index (χ1v) is 5.71. The van der Waals surface area contributed by atoms with Crippen LogP contribution in [0.25, 0.3) is 0 Å². The molecule has 4 heteroatoms. The molecular weight excluding hydrogens is 226 g/mol. The summed E-state index contributed by atoms with van der Waals surface area (Å²) in [7, 11) is 0. The fraction of sp³-hybridized carbons (Fsp3) is 0.214. The number of nitrogens with zero attached hydrogens (tertiary/aromatic N) is 3. The van der Waals surface area contributed by atoms with Gasteiger partial charge in [0.05, 0.1) is 6.20 Å². The lowest BCUT2D eigenvalue weighted by Crippen LogP contribution is -1.97. The highest BCUT2D eigenvalue weighted by Crippen LogP contribution is 2.30. The third kappa shape index (κ3) is 2.46. The minimum atomic E-state index is 0.244. The van der Waals surface area contributed by atoms with Crippen molar-refractivity contribution in [1.82, 2.24) is 10.2 Å². The number of nitriles is 1. The van der Waals surface area contributed by atoms with Crippen LogP contribution in [0.2, 0.25) is 0 Å². The molecule has 0 unspecified atom stereocenters. The molecule has 2 aromatic rings. The number of ether oxygens (including phenoxy) is 1. The van der Waals surface area contributed by atoms with Crippen molar-refractivity contribution in [2.45, 2.75) is 19.8 Å². The van der Waals surface area contributed by atoms with Gasteiger partial charge in [0.25, 0.3) is 5.88 Å². The highest BCUT2D eigenvalue weighted by Gasteiger charge is 2.11. The zero-order chi connectivity index (χ0) is 13.0. The highest BCUT2D eigenvalue weighted by molar-refractivity contribution is 5.42. The van der Waals surface area contributed by atoms with Gasteiger partial charge < -0.3 is 4.74 Å². The second kappa shape index (κ2) is 5.28. The molecule has 0 spiro atoms. The van der Waals surface area contributed by atoms with E-state index < -0.39 is 0 Å². The molecule has 90 valence electrons. The van der Waals surface area contributed by atoms with Gasteiger partial charge in [-0.25, -0.2) is 0 Å². The normalized spacial score (nSPS) is 10.1. The van der Waals surface area contributed by atoms with Gasteiger partial charge in [-0.1, -0.05) is 32.0 Å². The lowest BCUT2D eigenvalue weighted by atomic mass is 10.0. The monoisotopic (exact) mass is 239 g/mol. The molecule has 4 nitrogen and oxygen atoms in total. The van der Waals surface area contributed by atoms with Gasteiger partial charge in [-0.15, -0.1) is 5.10 Å². The summed E-state index contributed by atoms with van der Waals surface area (Å²) in [5.74, 6) is 1.29. The zero-order valence-corrected chi connectivity index (χ0v) is 10.3. The smallest absolute Gasteiger partial charge is 0.256 e. The number of hydrogen-bond acceptors (Lipinski definition) is 4. The first-order chi connectivity index (χ1) is 8.72. The van der Waals surface area contributed by atoms with E-state index in [0.717, 1.165) is 5.56 Å². The van der Waals surface area contributed by atoms with Crippen LogP contribution in [-0.2, 0) is 0 Å². The Kier molecular flexibility index (Phi) is 3.54. The standard InChI is InChI=1S/C14H13N3O/c1-10(2)12-5-3-4-6-13(12)18-14-11(9-15)7-8-16-17-14/h3-8,10H,1-2H3. The third-order valence-corrected chi connectivity index (χ3v) is 2.55. The lowest BCUT2D eigenvalue weighted by molar-refractivity contribution is 0.445. The predicted molar refractivity (Wildman–Crippen MR) is 67.4 cm³/mol. The summed E-state index contributed by atoms with van der Waals surface area (Å²) in [6, 6.07) is 11.3. The van der Waals surface area contributed by atoms with E-state index >= 15 is 0 Å². The second-order valence-corrected chi connectivity index (χ2v) is 4.16. The molecule has 0 N–H and O–H groups in total. The summed E-state index contributed by atoms with van der Waals surface area (Å²) in [6.07, 6.45) is 1.47. The molecule has 0 bridgehead atoms. The van der Waals surface area contributed by atoms with E-state index in [4.69, 9.17) is 10.00 Å². The summed E-state index contributed by atoms with van der Waals surface area (Å²) < 4.78 is 5.70. The van der Waals surface area contributed by atoms with Crippen LogP contribution in [0.5, 0.6) is 11.6 Å². The fourth-order valence-corrected chi connectivity index (χ4v) is 1.63. The molecule has 0 saturated heterocycles. The quantitative estimate of drug-likeness (QED) is 0.824. The van der Waals surface area contributed by atoms with Gasteiger partial charge in [-0.05, 0) is 23.6 Å². The van der Waals surface area contributed by atoms with Crippen LogP contribution < -0.4 is 4.74 Å². The molecule has 0 aliphatic rings. The minimum Gasteiger partial charge on any atom is -0.436 e. The molecule has 0 fully saturated rings. The Morgan fingerprint density at radius 3 is 2.72 bits per heavy atom. The van der Waals surface area contributed by atoms with Gasteiger partial charge in [-0.2, -0.15) is 10.4 Å². The Morgan fingerprint density at radius 2 is 2.00 bits per heavy atom. The average molecular weight is 239 g/mol. The van der Waals surface area contributed by atoms with E-state index in [1.165, 1.54) is 6.20 Å². The zero-order valence-electron chi connectivity index (χ0n) is 10.3. The van der Waals surface area contributed by atoms with Crippen molar-refractivity contribution < 1.29 is 4.74 Å². The third-order valence-electron chi connectivity index (χ3n) is 2.55. The van der Waals surface area contributed by atoms with Crippen molar-refractivity contribution in [2.75, 3.05) is 0 Å². The second-order valence-electron chi connectivity index (χ2n) is 4.16. The SMILES string of the molecule is CC(C)c1ccccc1Oc1nnccc1C#N. The van der Waals surface area contributed by atoms with Crippen LogP contribution >= 0.6 is 0 Å². The molecular formula is C14H13N3O. The van der Waals surface area contributed by atoms with Gasteiger partial charge in [0.15, 0.2) is 0 Å². The van der Waals surface area contributed by atoms with Crippen molar-refractivity contribution in [1.29, 1.82) is 5.26 Å². The van der Waals surface area contributed by atoms with E-state index in [1.807, 2.05) is 30.3 Å². The topological polar surface area (TPSA) is 58.8 Å². The number of rotatable bonds is 3. The Balaban J connectivity index is 2.38. The van der Waals surface area contributed by atoms with E-state index in [-0.39, 0.29) is 5.88 Å². The summed E-state index contributed by atoms with van der Waals surface area (Å²) in [4.78, 5) is 0. The van der Waals surface area contributed by atoms with Crippen molar-refractivity contribution in [3.8, 4) is 17.7 Å². The molecule has 0 saturated carbocycles. The Bertz CT molecular complexity index is 588. The predicted octanol–water partition coefficient (Wildman–Crippen LogP) is 3.26. The lowest BCUT2D eigenvalue weighted by Gasteiger charge is -2.12. The maximum absolute atomic E-state index is 8.98. The van der Waals surface area contributed by atoms with Gasteiger partial charge in [-0.3, -0.25) is 0 Å². The molecule has 2 rings (SSSR count). The fourth-order valence-electron chi connectivity index (χ4n) is 1.63. The molecule has 0 aliphatic heterocycles. The maximum atomic E-state index is 8.98. The van der Waals surface area contributed by atoms with Crippen molar-refractivity contribution in [2.24, 2.45) is 0 Å². The van der Waals surface area contributed by atoms with Crippen LogP contribution in [0, 0.1) is 11.3 Å². The van der Waals surface area contributed by atoms with Crippen molar-refractivity contribution in [3.05, 3.63) is 47.7 Å². The van der Waals surface area contributed by atoms with E-state index in [9.17, 15) is 0 Å².